The third kappa shape index (κ3) is 4.01. The van der Waals surface area contributed by atoms with Crippen molar-refractivity contribution >= 4 is 29.0 Å². The molecule has 0 radical (unpaired) electrons. The van der Waals surface area contributed by atoms with Crippen molar-refractivity contribution in [2.45, 2.75) is 0 Å². The quantitative estimate of drug-likeness (QED) is 0.872. The average molecular weight is 343 g/mol. The van der Waals surface area contributed by atoms with Gasteiger partial charge in [-0.3, -0.25) is 0 Å². The van der Waals surface area contributed by atoms with Crippen LogP contribution in [0.5, 0.6) is 11.5 Å². The number of hydrogen-bond acceptors (Lipinski definition) is 3. The predicted octanol–water partition coefficient (Wildman–Crippen LogP) is 4.28. The topological polar surface area (TPSA) is 59.6 Å². The number of anilines is 2. The molecule has 0 unspecified atom stereocenters. The number of carbonyl (C=O) groups excluding carboxylic acids is 1. The van der Waals surface area contributed by atoms with Crippen molar-refractivity contribution in [3.8, 4) is 11.5 Å². The van der Waals surface area contributed by atoms with Crippen molar-refractivity contribution < 1.29 is 23.0 Å². The van der Waals surface area contributed by atoms with E-state index in [0.717, 1.165) is 18.2 Å². The van der Waals surface area contributed by atoms with E-state index in [-0.39, 0.29) is 17.1 Å². The number of halogens is 3. The molecule has 0 saturated heterocycles. The van der Waals surface area contributed by atoms with E-state index < -0.39 is 17.7 Å². The Bertz CT molecular complexity index is 741. The fourth-order valence-corrected chi connectivity index (χ4v) is 2.06. The van der Waals surface area contributed by atoms with Gasteiger partial charge in [-0.25, -0.2) is 13.6 Å². The Morgan fingerprint density at radius 3 is 2.30 bits per heavy atom. The second-order valence-electron chi connectivity index (χ2n) is 4.39. The van der Waals surface area contributed by atoms with Crippen molar-refractivity contribution in [1.82, 2.24) is 0 Å². The number of carbonyl (C=O) groups is 1. The number of rotatable bonds is 4. The molecule has 0 saturated carbocycles. The molecule has 0 fully saturated rings. The number of urea groups is 1. The van der Waals surface area contributed by atoms with Crippen molar-refractivity contribution in [1.29, 1.82) is 0 Å². The Morgan fingerprint density at radius 1 is 1.00 bits per heavy atom. The van der Waals surface area contributed by atoms with Crippen molar-refractivity contribution in [3.63, 3.8) is 0 Å². The van der Waals surface area contributed by atoms with E-state index >= 15 is 0 Å². The number of amides is 2. The summed E-state index contributed by atoms with van der Waals surface area (Å²) in [6, 6.07) is 4.86. The summed E-state index contributed by atoms with van der Waals surface area (Å²) in [5, 5.41) is 4.96. The molecule has 0 aliphatic rings. The van der Waals surface area contributed by atoms with Crippen LogP contribution in [0.25, 0.3) is 0 Å². The SMILES string of the molecule is COc1cc(NC(=O)Nc2cc(F)ccc2F)c(OC)cc1Cl. The van der Waals surface area contributed by atoms with Crippen LogP contribution in [0.15, 0.2) is 30.3 Å². The minimum Gasteiger partial charge on any atom is -0.495 e. The summed E-state index contributed by atoms with van der Waals surface area (Å²) in [4.78, 5) is 12.0. The van der Waals surface area contributed by atoms with Crippen molar-refractivity contribution in [2.24, 2.45) is 0 Å². The van der Waals surface area contributed by atoms with Crippen molar-refractivity contribution in [2.75, 3.05) is 24.9 Å². The third-order valence-electron chi connectivity index (χ3n) is 2.90. The zero-order valence-electron chi connectivity index (χ0n) is 12.2. The molecule has 2 aromatic rings. The van der Waals surface area contributed by atoms with Gasteiger partial charge in [0.15, 0.2) is 0 Å². The summed E-state index contributed by atoms with van der Waals surface area (Å²) in [5.74, 6) is -0.833. The highest BCUT2D eigenvalue weighted by Crippen LogP contribution is 2.35. The van der Waals surface area contributed by atoms with Gasteiger partial charge in [-0.1, -0.05) is 11.6 Å². The highest BCUT2D eigenvalue weighted by Gasteiger charge is 2.14. The highest BCUT2D eigenvalue weighted by atomic mass is 35.5. The van der Waals surface area contributed by atoms with Gasteiger partial charge in [-0.05, 0) is 12.1 Å². The van der Waals surface area contributed by atoms with E-state index in [4.69, 9.17) is 21.1 Å². The molecule has 8 heteroatoms. The molecule has 2 N–H and O–H groups in total. The second-order valence-corrected chi connectivity index (χ2v) is 4.80. The molecule has 0 bridgehead atoms. The number of nitrogens with one attached hydrogen (secondary N) is 2. The van der Waals surface area contributed by atoms with Crippen molar-refractivity contribution in [3.05, 3.63) is 47.0 Å². The fraction of sp³-hybridized carbons (Fsp3) is 0.133. The maximum absolute atomic E-state index is 13.5. The van der Waals surface area contributed by atoms with E-state index in [1.807, 2.05) is 0 Å². The van der Waals surface area contributed by atoms with Gasteiger partial charge in [0.1, 0.15) is 23.1 Å². The first-order valence-electron chi connectivity index (χ1n) is 6.39. The Hall–Kier alpha value is -2.54. The maximum atomic E-state index is 13.5. The number of ether oxygens (including phenoxy) is 2. The number of hydrogen-bond donors (Lipinski definition) is 2. The second kappa shape index (κ2) is 7.15. The molecule has 0 atom stereocenters. The van der Waals surface area contributed by atoms with E-state index in [2.05, 4.69) is 10.6 Å². The van der Waals surface area contributed by atoms with Gasteiger partial charge in [0, 0.05) is 18.2 Å². The van der Waals surface area contributed by atoms with E-state index in [0.29, 0.717) is 10.8 Å². The minimum atomic E-state index is -0.780. The molecular formula is C15H13ClF2N2O3. The van der Waals surface area contributed by atoms with E-state index in [1.165, 1.54) is 26.4 Å². The average Bonchev–Trinajstić information content (AvgIpc) is 2.52. The van der Waals surface area contributed by atoms with E-state index in [1.54, 1.807) is 0 Å². The molecule has 122 valence electrons. The standard InChI is InChI=1S/C15H13ClF2N2O3/c1-22-13-7-12(14(23-2)6-9(13)16)20-15(21)19-11-5-8(17)3-4-10(11)18/h3-7H,1-2H3,(H2,19,20,21). The summed E-state index contributed by atoms with van der Waals surface area (Å²) in [6.45, 7) is 0. The van der Waals surface area contributed by atoms with Crippen LogP contribution in [-0.4, -0.2) is 20.3 Å². The molecule has 0 aromatic heterocycles. The number of benzene rings is 2. The summed E-state index contributed by atoms with van der Waals surface area (Å²) in [7, 11) is 2.81. The first-order valence-corrected chi connectivity index (χ1v) is 6.77. The molecule has 2 aromatic carbocycles. The summed E-state index contributed by atoms with van der Waals surface area (Å²) in [5.41, 5.74) is -0.0366. The largest absolute Gasteiger partial charge is 0.495 e. The van der Waals surface area contributed by atoms with Crippen LogP contribution in [0.2, 0.25) is 5.02 Å². The van der Waals surface area contributed by atoms with Crippen LogP contribution in [0.3, 0.4) is 0 Å². The smallest absolute Gasteiger partial charge is 0.323 e. The normalized spacial score (nSPS) is 10.1. The zero-order chi connectivity index (χ0) is 17.0. The molecular weight excluding hydrogens is 330 g/mol. The molecule has 23 heavy (non-hydrogen) atoms. The van der Waals surface area contributed by atoms with Gasteiger partial charge in [0.2, 0.25) is 0 Å². The van der Waals surface area contributed by atoms with Gasteiger partial charge in [0.05, 0.1) is 30.6 Å². The fourth-order valence-electron chi connectivity index (χ4n) is 1.83. The minimum absolute atomic E-state index is 0.253. The lowest BCUT2D eigenvalue weighted by Gasteiger charge is -2.14. The first kappa shape index (κ1) is 16.8. The zero-order valence-corrected chi connectivity index (χ0v) is 13.0. The lowest BCUT2D eigenvalue weighted by molar-refractivity contribution is 0.262. The van der Waals surface area contributed by atoms with Gasteiger partial charge in [-0.15, -0.1) is 0 Å². The van der Waals surface area contributed by atoms with Crippen LogP contribution in [0.4, 0.5) is 25.0 Å². The Labute approximate surface area is 136 Å². The molecule has 0 heterocycles. The molecule has 0 aliphatic carbocycles. The molecule has 0 spiro atoms. The third-order valence-corrected chi connectivity index (χ3v) is 3.19. The van der Waals surface area contributed by atoms with Gasteiger partial charge < -0.3 is 20.1 Å². The Balaban J connectivity index is 2.21. The van der Waals surface area contributed by atoms with Gasteiger partial charge in [0.25, 0.3) is 0 Å². The lowest BCUT2D eigenvalue weighted by atomic mass is 10.2. The highest BCUT2D eigenvalue weighted by molar-refractivity contribution is 6.32. The van der Waals surface area contributed by atoms with E-state index in [9.17, 15) is 13.6 Å². The molecule has 5 nitrogen and oxygen atoms in total. The monoisotopic (exact) mass is 342 g/mol. The summed E-state index contributed by atoms with van der Waals surface area (Å²) >= 11 is 5.96. The van der Waals surface area contributed by atoms with Gasteiger partial charge in [-0.2, -0.15) is 0 Å². The summed E-state index contributed by atoms with van der Waals surface area (Å²) in [6.07, 6.45) is 0. The molecule has 2 amide bonds. The van der Waals surface area contributed by atoms with Crippen LogP contribution in [-0.2, 0) is 0 Å². The lowest BCUT2D eigenvalue weighted by Crippen LogP contribution is -2.20. The Morgan fingerprint density at radius 2 is 1.65 bits per heavy atom. The van der Waals surface area contributed by atoms with Crippen LogP contribution < -0.4 is 20.1 Å². The van der Waals surface area contributed by atoms with Crippen LogP contribution >= 0.6 is 11.6 Å². The Kier molecular flexibility index (Phi) is 5.23. The number of methoxy groups -OCH3 is 2. The van der Waals surface area contributed by atoms with Crippen LogP contribution in [0.1, 0.15) is 0 Å². The molecule has 0 aliphatic heterocycles. The summed E-state index contributed by atoms with van der Waals surface area (Å²) < 4.78 is 36.8. The van der Waals surface area contributed by atoms with Gasteiger partial charge >= 0.3 is 6.03 Å². The van der Waals surface area contributed by atoms with Crippen LogP contribution in [0, 0.1) is 11.6 Å². The maximum Gasteiger partial charge on any atom is 0.323 e. The molecule has 2 rings (SSSR count). The predicted molar refractivity (Wildman–Crippen MR) is 83.6 cm³/mol. The first-order chi connectivity index (χ1) is 10.9.